The Labute approximate surface area is 121 Å². The highest BCUT2D eigenvalue weighted by molar-refractivity contribution is 5.37. The van der Waals surface area contributed by atoms with Crippen molar-refractivity contribution in [1.82, 2.24) is 9.80 Å². The molecule has 0 saturated carbocycles. The summed E-state index contributed by atoms with van der Waals surface area (Å²) in [7, 11) is 0. The van der Waals surface area contributed by atoms with E-state index in [1.165, 1.54) is 18.7 Å². The zero-order chi connectivity index (χ0) is 13.8. The van der Waals surface area contributed by atoms with Crippen molar-refractivity contribution in [3.63, 3.8) is 0 Å². The van der Waals surface area contributed by atoms with Gasteiger partial charge in [-0.25, -0.2) is 0 Å². The molecule has 1 atom stereocenters. The Kier molecular flexibility index (Phi) is 4.55. The largest absolute Gasteiger partial charge is 0.493 e. The van der Waals surface area contributed by atoms with E-state index in [0.29, 0.717) is 5.92 Å². The molecule has 2 heterocycles. The van der Waals surface area contributed by atoms with Crippen LogP contribution in [0.1, 0.15) is 17.9 Å². The molecule has 0 aromatic heterocycles. The maximum absolute atomic E-state index is 5.75. The summed E-state index contributed by atoms with van der Waals surface area (Å²) in [6, 6.07) is 8.51. The number of hydrogen-bond acceptors (Lipinski definition) is 4. The van der Waals surface area contributed by atoms with Crippen LogP contribution in [0.5, 0.6) is 5.75 Å². The molecule has 0 spiro atoms. The summed E-state index contributed by atoms with van der Waals surface area (Å²) in [4.78, 5) is 5.06. The van der Waals surface area contributed by atoms with Gasteiger partial charge in [-0.3, -0.25) is 4.90 Å². The van der Waals surface area contributed by atoms with Gasteiger partial charge in [-0.15, -0.1) is 0 Å². The minimum atomic E-state index is 0.626. The molecule has 1 unspecified atom stereocenters. The molecule has 2 aliphatic rings. The van der Waals surface area contributed by atoms with Crippen LogP contribution < -0.4 is 10.5 Å². The summed E-state index contributed by atoms with van der Waals surface area (Å²) in [5, 5.41) is 0. The first-order chi connectivity index (χ1) is 9.86. The lowest BCUT2D eigenvalue weighted by Gasteiger charge is -2.37. The Morgan fingerprint density at radius 1 is 1.10 bits per heavy atom. The average molecular weight is 275 g/mol. The summed E-state index contributed by atoms with van der Waals surface area (Å²) in [6.45, 7) is 8.47. The number of nitrogens with zero attached hydrogens (tertiary/aromatic N) is 2. The lowest BCUT2D eigenvalue weighted by molar-refractivity contribution is 0.122. The van der Waals surface area contributed by atoms with Crippen LogP contribution >= 0.6 is 0 Å². The van der Waals surface area contributed by atoms with E-state index in [2.05, 4.69) is 34.1 Å². The van der Waals surface area contributed by atoms with Crippen LogP contribution in [-0.4, -0.2) is 62.2 Å². The van der Waals surface area contributed by atoms with Gasteiger partial charge in [0.25, 0.3) is 0 Å². The monoisotopic (exact) mass is 275 g/mol. The molecule has 0 bridgehead atoms. The number of piperazine rings is 1. The normalized spacial score (nSPS) is 24.1. The Morgan fingerprint density at radius 2 is 1.85 bits per heavy atom. The van der Waals surface area contributed by atoms with Gasteiger partial charge in [0.1, 0.15) is 5.75 Å². The Bertz CT molecular complexity index is 429. The molecule has 2 N–H and O–H groups in total. The molecular formula is C16H25N3O. The predicted octanol–water partition coefficient (Wildman–Crippen LogP) is 1.13. The van der Waals surface area contributed by atoms with Crippen molar-refractivity contribution in [3.05, 3.63) is 29.8 Å². The summed E-state index contributed by atoms with van der Waals surface area (Å²) < 4.78 is 5.75. The fourth-order valence-electron chi connectivity index (χ4n) is 3.30. The zero-order valence-electron chi connectivity index (χ0n) is 12.1. The van der Waals surface area contributed by atoms with Gasteiger partial charge in [-0.05, 0) is 18.1 Å². The van der Waals surface area contributed by atoms with Gasteiger partial charge in [0.15, 0.2) is 0 Å². The molecule has 1 saturated heterocycles. The van der Waals surface area contributed by atoms with E-state index in [-0.39, 0.29) is 0 Å². The Balaban J connectivity index is 1.57. The van der Waals surface area contributed by atoms with Crippen LogP contribution in [0.15, 0.2) is 24.3 Å². The van der Waals surface area contributed by atoms with Crippen LogP contribution in [0.25, 0.3) is 0 Å². The smallest absolute Gasteiger partial charge is 0.122 e. The molecule has 1 aromatic carbocycles. The molecule has 1 aromatic rings. The van der Waals surface area contributed by atoms with Crippen LogP contribution in [0.3, 0.4) is 0 Å². The number of benzene rings is 1. The van der Waals surface area contributed by atoms with E-state index in [4.69, 9.17) is 10.5 Å². The molecule has 0 aliphatic carbocycles. The van der Waals surface area contributed by atoms with Crippen LogP contribution in [0.4, 0.5) is 0 Å². The lowest BCUT2D eigenvalue weighted by atomic mass is 9.92. The molecule has 3 rings (SSSR count). The summed E-state index contributed by atoms with van der Waals surface area (Å²) in [6.07, 6.45) is 1.14. The number of ether oxygens (including phenoxy) is 1. The maximum Gasteiger partial charge on any atom is 0.122 e. The molecule has 20 heavy (non-hydrogen) atoms. The highest BCUT2D eigenvalue weighted by Crippen LogP contribution is 2.33. The van der Waals surface area contributed by atoms with Gasteiger partial charge in [0.05, 0.1) is 6.61 Å². The summed E-state index contributed by atoms with van der Waals surface area (Å²) in [5.74, 6) is 1.71. The number of fused-ring (bicyclic) bond motifs is 1. The van der Waals surface area contributed by atoms with Gasteiger partial charge in [-0.2, -0.15) is 0 Å². The first-order valence-corrected chi connectivity index (χ1v) is 7.73. The number of nitrogens with two attached hydrogens (primary N) is 1. The highest BCUT2D eigenvalue weighted by atomic mass is 16.5. The minimum Gasteiger partial charge on any atom is -0.493 e. The van der Waals surface area contributed by atoms with Crippen molar-refractivity contribution in [1.29, 1.82) is 0 Å². The second-order valence-electron chi connectivity index (χ2n) is 5.80. The number of hydrogen-bond donors (Lipinski definition) is 1. The van der Waals surface area contributed by atoms with Crippen molar-refractivity contribution < 1.29 is 4.74 Å². The highest BCUT2D eigenvalue weighted by Gasteiger charge is 2.25. The maximum atomic E-state index is 5.75. The number of para-hydroxylation sites is 1. The zero-order valence-corrected chi connectivity index (χ0v) is 12.1. The fourth-order valence-corrected chi connectivity index (χ4v) is 3.30. The average Bonchev–Trinajstić information content (AvgIpc) is 2.50. The molecule has 0 radical (unpaired) electrons. The quantitative estimate of drug-likeness (QED) is 0.894. The van der Waals surface area contributed by atoms with Gasteiger partial charge in [0, 0.05) is 51.7 Å². The van der Waals surface area contributed by atoms with E-state index in [9.17, 15) is 0 Å². The molecule has 4 heteroatoms. The lowest BCUT2D eigenvalue weighted by Crippen LogP contribution is -2.48. The second kappa shape index (κ2) is 6.57. The van der Waals surface area contributed by atoms with E-state index in [0.717, 1.165) is 51.5 Å². The van der Waals surface area contributed by atoms with E-state index >= 15 is 0 Å². The van der Waals surface area contributed by atoms with Crippen molar-refractivity contribution >= 4 is 0 Å². The van der Waals surface area contributed by atoms with Gasteiger partial charge in [0.2, 0.25) is 0 Å². The first kappa shape index (κ1) is 13.9. The van der Waals surface area contributed by atoms with Gasteiger partial charge < -0.3 is 15.4 Å². The Hall–Kier alpha value is -1.10. The molecule has 1 fully saturated rings. The molecule has 0 amide bonds. The molecular weight excluding hydrogens is 250 g/mol. The fraction of sp³-hybridized carbons (Fsp3) is 0.625. The SMILES string of the molecule is NCCN1CCN(CC2CCOc3ccccc32)CC1. The number of rotatable bonds is 4. The van der Waals surface area contributed by atoms with E-state index in [1.54, 1.807) is 0 Å². The van der Waals surface area contributed by atoms with Crippen molar-refractivity contribution in [2.45, 2.75) is 12.3 Å². The Morgan fingerprint density at radius 3 is 2.65 bits per heavy atom. The van der Waals surface area contributed by atoms with E-state index < -0.39 is 0 Å². The van der Waals surface area contributed by atoms with Crippen LogP contribution in [-0.2, 0) is 0 Å². The topological polar surface area (TPSA) is 41.7 Å². The van der Waals surface area contributed by atoms with Crippen LogP contribution in [0, 0.1) is 0 Å². The van der Waals surface area contributed by atoms with Gasteiger partial charge in [-0.1, -0.05) is 18.2 Å². The molecule has 4 nitrogen and oxygen atoms in total. The standard InChI is InChI=1S/C16H25N3O/c17-6-7-18-8-10-19(11-9-18)13-14-5-12-20-16-4-2-1-3-15(14)16/h1-4,14H,5-13,17H2. The van der Waals surface area contributed by atoms with Crippen molar-refractivity contribution in [3.8, 4) is 5.75 Å². The van der Waals surface area contributed by atoms with Crippen molar-refractivity contribution in [2.75, 3.05) is 52.4 Å². The van der Waals surface area contributed by atoms with Crippen molar-refractivity contribution in [2.24, 2.45) is 5.73 Å². The third-order valence-electron chi connectivity index (χ3n) is 4.47. The third kappa shape index (κ3) is 3.14. The minimum absolute atomic E-state index is 0.626. The second-order valence-corrected chi connectivity index (χ2v) is 5.80. The molecule has 110 valence electrons. The van der Waals surface area contributed by atoms with Crippen LogP contribution in [0.2, 0.25) is 0 Å². The van der Waals surface area contributed by atoms with Gasteiger partial charge >= 0.3 is 0 Å². The summed E-state index contributed by atoms with van der Waals surface area (Å²) in [5.41, 5.74) is 7.02. The molecule has 2 aliphatic heterocycles. The summed E-state index contributed by atoms with van der Waals surface area (Å²) >= 11 is 0. The van der Waals surface area contributed by atoms with E-state index in [1.807, 2.05) is 0 Å². The predicted molar refractivity (Wildman–Crippen MR) is 81.2 cm³/mol. The first-order valence-electron chi connectivity index (χ1n) is 7.73. The third-order valence-corrected chi connectivity index (χ3v) is 4.47.